The number of nitrogens with one attached hydrogen (secondary N) is 1. The highest BCUT2D eigenvalue weighted by molar-refractivity contribution is 9.10. The predicted octanol–water partition coefficient (Wildman–Crippen LogP) is 5.57. The number of amides is 2. The first-order valence-corrected chi connectivity index (χ1v) is 11.9. The van der Waals surface area contributed by atoms with Crippen LogP contribution in [0.2, 0.25) is 0 Å². The molecule has 2 aromatic carbocycles. The lowest BCUT2D eigenvalue weighted by Crippen LogP contribution is -2.52. The third kappa shape index (κ3) is 8.15. The van der Waals surface area contributed by atoms with Crippen LogP contribution in [0.15, 0.2) is 57.9 Å². The molecule has 0 aromatic heterocycles. The van der Waals surface area contributed by atoms with E-state index in [1.807, 2.05) is 45.0 Å². The minimum absolute atomic E-state index is 0.0221. The molecule has 2 aromatic rings. The molecule has 2 amide bonds. The highest BCUT2D eigenvalue weighted by Crippen LogP contribution is 2.21. The molecule has 162 valence electrons. The lowest BCUT2D eigenvalue weighted by atomic mass is 10.1. The predicted molar refractivity (Wildman–Crippen MR) is 129 cm³/mol. The van der Waals surface area contributed by atoms with Crippen LogP contribution in [0.1, 0.15) is 45.2 Å². The van der Waals surface area contributed by atoms with E-state index in [1.165, 1.54) is 5.56 Å². The number of thioether (sulfide) groups is 1. The van der Waals surface area contributed by atoms with E-state index < -0.39 is 6.04 Å². The normalized spacial score (nSPS) is 12.3. The van der Waals surface area contributed by atoms with Crippen LogP contribution in [0, 0.1) is 6.92 Å². The summed E-state index contributed by atoms with van der Waals surface area (Å²) in [6.07, 6.45) is 0.375. The molecule has 0 bridgehead atoms. The van der Waals surface area contributed by atoms with Gasteiger partial charge in [0.1, 0.15) is 6.04 Å². The number of carbonyl (C=O) groups excluding carboxylic acids is 2. The maximum atomic E-state index is 13.1. The largest absolute Gasteiger partial charge is 0.350 e. The number of nitrogens with zero attached hydrogens (tertiary/aromatic N) is 1. The first-order valence-electron chi connectivity index (χ1n) is 10.1. The highest BCUT2D eigenvalue weighted by atomic mass is 79.9. The van der Waals surface area contributed by atoms with Gasteiger partial charge >= 0.3 is 0 Å². The van der Waals surface area contributed by atoms with Gasteiger partial charge in [-0.15, -0.1) is 11.8 Å². The van der Waals surface area contributed by atoms with Crippen LogP contribution in [0.4, 0.5) is 0 Å². The summed E-state index contributed by atoms with van der Waals surface area (Å²) in [5.41, 5.74) is 1.85. The molecule has 0 saturated heterocycles. The van der Waals surface area contributed by atoms with Crippen LogP contribution >= 0.6 is 27.7 Å². The molecule has 0 spiro atoms. The van der Waals surface area contributed by atoms with Gasteiger partial charge in [0, 0.05) is 33.6 Å². The number of carbonyl (C=O) groups is 2. The molecule has 0 heterocycles. The van der Waals surface area contributed by atoms with Gasteiger partial charge in [-0.3, -0.25) is 9.59 Å². The summed E-state index contributed by atoms with van der Waals surface area (Å²) < 4.78 is 0.953. The van der Waals surface area contributed by atoms with Crippen LogP contribution in [0.3, 0.4) is 0 Å². The molecule has 1 atom stereocenters. The molecule has 0 saturated carbocycles. The Balaban J connectivity index is 2.09. The van der Waals surface area contributed by atoms with Crippen LogP contribution in [0.25, 0.3) is 0 Å². The van der Waals surface area contributed by atoms with Gasteiger partial charge in [-0.1, -0.05) is 45.8 Å². The first-order chi connectivity index (χ1) is 14.0. The quantitative estimate of drug-likeness (QED) is 0.491. The van der Waals surface area contributed by atoms with Gasteiger partial charge < -0.3 is 10.2 Å². The van der Waals surface area contributed by atoms with Crippen molar-refractivity contribution >= 4 is 39.5 Å². The van der Waals surface area contributed by atoms with Gasteiger partial charge in [0.25, 0.3) is 0 Å². The number of hydrogen-bond donors (Lipinski definition) is 1. The average Bonchev–Trinajstić information content (AvgIpc) is 2.65. The SMILES string of the molecule is Cc1ccc(SCCC(=O)N(Cc2cccc(Br)c2)C(C)C(=O)NC(C)(C)C)cc1. The lowest BCUT2D eigenvalue weighted by Gasteiger charge is -2.31. The van der Waals surface area contributed by atoms with Crippen molar-refractivity contribution in [1.82, 2.24) is 10.2 Å². The summed E-state index contributed by atoms with van der Waals surface area (Å²) in [4.78, 5) is 28.7. The zero-order valence-electron chi connectivity index (χ0n) is 18.4. The minimum atomic E-state index is -0.555. The van der Waals surface area contributed by atoms with E-state index in [0.717, 1.165) is 14.9 Å². The molecule has 4 nitrogen and oxygen atoms in total. The van der Waals surface area contributed by atoms with Crippen LogP contribution in [0.5, 0.6) is 0 Å². The second-order valence-electron chi connectivity index (χ2n) is 8.48. The standard InChI is InChI=1S/C24H31BrN2O2S/c1-17-9-11-21(12-10-17)30-14-13-22(28)27(16-19-7-6-8-20(25)15-19)18(2)23(29)26-24(3,4)5/h6-12,15,18H,13-14,16H2,1-5H3,(H,26,29). The molecule has 0 radical (unpaired) electrons. The van der Waals surface area contributed by atoms with Crippen molar-refractivity contribution in [1.29, 1.82) is 0 Å². The molecule has 0 aliphatic heterocycles. The molecule has 0 fully saturated rings. The molecule has 0 aliphatic rings. The zero-order chi connectivity index (χ0) is 22.3. The smallest absolute Gasteiger partial charge is 0.242 e. The summed E-state index contributed by atoms with van der Waals surface area (Å²) >= 11 is 5.14. The van der Waals surface area contributed by atoms with Crippen molar-refractivity contribution in [3.8, 4) is 0 Å². The van der Waals surface area contributed by atoms with E-state index >= 15 is 0 Å². The van der Waals surface area contributed by atoms with Crippen LogP contribution < -0.4 is 5.32 Å². The molecule has 2 rings (SSSR count). The Labute approximate surface area is 192 Å². The van der Waals surface area contributed by atoms with Gasteiger partial charge in [-0.25, -0.2) is 0 Å². The first kappa shape index (κ1) is 24.5. The van der Waals surface area contributed by atoms with Gasteiger partial charge in [0.2, 0.25) is 11.8 Å². The molecule has 1 N–H and O–H groups in total. The molecule has 6 heteroatoms. The van der Waals surface area contributed by atoms with E-state index in [-0.39, 0.29) is 17.4 Å². The van der Waals surface area contributed by atoms with E-state index in [2.05, 4.69) is 52.4 Å². The maximum Gasteiger partial charge on any atom is 0.242 e. The second kappa shape index (κ2) is 11.0. The summed E-state index contributed by atoms with van der Waals surface area (Å²) in [6, 6.07) is 15.6. The molecular formula is C24H31BrN2O2S. The number of halogens is 1. The van der Waals surface area contributed by atoms with Crippen LogP contribution in [-0.2, 0) is 16.1 Å². The second-order valence-corrected chi connectivity index (χ2v) is 10.6. The van der Waals surface area contributed by atoms with Crippen LogP contribution in [-0.4, -0.2) is 34.0 Å². The maximum absolute atomic E-state index is 13.1. The van der Waals surface area contributed by atoms with Crippen molar-refractivity contribution in [2.45, 2.75) is 64.1 Å². The van der Waals surface area contributed by atoms with Gasteiger partial charge in [-0.2, -0.15) is 0 Å². The Morgan fingerprint density at radius 1 is 1.13 bits per heavy atom. The monoisotopic (exact) mass is 490 g/mol. The Kier molecular flexibility index (Phi) is 8.98. The third-order valence-electron chi connectivity index (χ3n) is 4.51. The van der Waals surface area contributed by atoms with Gasteiger partial charge in [0.15, 0.2) is 0 Å². The Bertz CT molecular complexity index is 862. The van der Waals surface area contributed by atoms with E-state index in [4.69, 9.17) is 0 Å². The summed E-state index contributed by atoms with van der Waals surface area (Å²) in [5.74, 6) is 0.507. The summed E-state index contributed by atoms with van der Waals surface area (Å²) in [7, 11) is 0. The summed E-state index contributed by atoms with van der Waals surface area (Å²) in [5, 5.41) is 2.99. The fraction of sp³-hybridized carbons (Fsp3) is 0.417. The third-order valence-corrected chi connectivity index (χ3v) is 6.02. The fourth-order valence-corrected chi connectivity index (χ4v) is 4.21. The minimum Gasteiger partial charge on any atom is -0.350 e. The Morgan fingerprint density at radius 3 is 2.40 bits per heavy atom. The number of benzene rings is 2. The van der Waals surface area contributed by atoms with E-state index in [0.29, 0.717) is 18.7 Å². The fourth-order valence-electron chi connectivity index (χ4n) is 2.92. The van der Waals surface area contributed by atoms with E-state index in [1.54, 1.807) is 23.6 Å². The van der Waals surface area contributed by atoms with Gasteiger partial charge in [-0.05, 0) is 64.4 Å². The number of rotatable bonds is 8. The molecule has 30 heavy (non-hydrogen) atoms. The van der Waals surface area contributed by atoms with Crippen molar-refractivity contribution in [2.24, 2.45) is 0 Å². The number of aryl methyl sites for hydroxylation is 1. The lowest BCUT2D eigenvalue weighted by molar-refractivity contribution is -0.140. The topological polar surface area (TPSA) is 49.4 Å². The molecule has 1 unspecified atom stereocenters. The molecule has 0 aliphatic carbocycles. The van der Waals surface area contributed by atoms with Crippen molar-refractivity contribution in [2.75, 3.05) is 5.75 Å². The zero-order valence-corrected chi connectivity index (χ0v) is 20.8. The van der Waals surface area contributed by atoms with Crippen molar-refractivity contribution in [3.05, 3.63) is 64.1 Å². The van der Waals surface area contributed by atoms with E-state index in [9.17, 15) is 9.59 Å². The number of hydrogen-bond acceptors (Lipinski definition) is 3. The van der Waals surface area contributed by atoms with Gasteiger partial charge in [0.05, 0.1) is 0 Å². The summed E-state index contributed by atoms with van der Waals surface area (Å²) in [6.45, 7) is 10.1. The van der Waals surface area contributed by atoms with Crippen molar-refractivity contribution in [3.63, 3.8) is 0 Å². The molecular weight excluding hydrogens is 460 g/mol. The Morgan fingerprint density at radius 2 is 1.80 bits per heavy atom. The Hall–Kier alpha value is -1.79. The average molecular weight is 491 g/mol. The van der Waals surface area contributed by atoms with Crippen molar-refractivity contribution < 1.29 is 9.59 Å². The highest BCUT2D eigenvalue weighted by Gasteiger charge is 2.28.